The van der Waals surface area contributed by atoms with Gasteiger partial charge in [0, 0.05) is 19.0 Å². The molecular formula is C18H26N4. The summed E-state index contributed by atoms with van der Waals surface area (Å²) in [6, 6.07) is 4.28. The van der Waals surface area contributed by atoms with E-state index in [2.05, 4.69) is 22.0 Å². The zero-order valence-electron chi connectivity index (χ0n) is 13.3. The number of aromatic nitrogens is 2. The molecule has 0 radical (unpaired) electrons. The van der Waals surface area contributed by atoms with Gasteiger partial charge >= 0.3 is 0 Å². The van der Waals surface area contributed by atoms with Crippen LogP contribution in [0, 0.1) is 0 Å². The third-order valence-corrected chi connectivity index (χ3v) is 5.34. The number of imidazole rings is 1. The molecule has 0 bridgehead atoms. The van der Waals surface area contributed by atoms with Crippen LogP contribution >= 0.6 is 0 Å². The van der Waals surface area contributed by atoms with Crippen LogP contribution in [0.5, 0.6) is 0 Å². The first-order chi connectivity index (χ1) is 10.8. The molecule has 1 aliphatic carbocycles. The molecule has 22 heavy (non-hydrogen) atoms. The lowest BCUT2D eigenvalue weighted by Crippen LogP contribution is -2.30. The average Bonchev–Trinajstić information content (AvgIpc) is 2.98. The maximum absolute atomic E-state index is 6.32. The summed E-state index contributed by atoms with van der Waals surface area (Å²) in [6.07, 6.45) is 10.5. The van der Waals surface area contributed by atoms with Crippen LogP contribution in [0.1, 0.15) is 63.1 Å². The van der Waals surface area contributed by atoms with E-state index in [4.69, 9.17) is 10.7 Å². The summed E-state index contributed by atoms with van der Waals surface area (Å²) in [4.78, 5) is 10.8. The normalized spacial score (nSPS) is 20.6. The van der Waals surface area contributed by atoms with Gasteiger partial charge in [-0.1, -0.05) is 19.3 Å². The Morgan fingerprint density at radius 2 is 1.73 bits per heavy atom. The van der Waals surface area contributed by atoms with Crippen LogP contribution in [-0.4, -0.2) is 23.1 Å². The molecule has 4 heteroatoms. The fourth-order valence-corrected chi connectivity index (χ4v) is 4.06. The number of hydrogen-bond donors (Lipinski definition) is 2. The zero-order chi connectivity index (χ0) is 14.9. The maximum atomic E-state index is 6.32. The van der Waals surface area contributed by atoms with E-state index in [1.54, 1.807) is 0 Å². The molecule has 2 aliphatic rings. The van der Waals surface area contributed by atoms with Gasteiger partial charge < -0.3 is 15.6 Å². The van der Waals surface area contributed by atoms with Crippen LogP contribution in [0.25, 0.3) is 11.0 Å². The van der Waals surface area contributed by atoms with Crippen molar-refractivity contribution in [3.63, 3.8) is 0 Å². The molecule has 0 amide bonds. The Balaban J connectivity index is 1.67. The van der Waals surface area contributed by atoms with Crippen LogP contribution < -0.4 is 10.6 Å². The molecule has 1 aromatic heterocycles. The van der Waals surface area contributed by atoms with Gasteiger partial charge in [0.05, 0.1) is 22.4 Å². The number of hydrogen-bond acceptors (Lipinski definition) is 3. The SMILES string of the molecule is Nc1cc2[nH]c(C3CCCCC3)nc2cc1N1CCCCC1. The molecule has 118 valence electrons. The van der Waals surface area contributed by atoms with E-state index >= 15 is 0 Å². The standard InChI is InChI=1S/C18H26N4/c19-14-11-15-16(12-17(14)22-9-5-2-6-10-22)21-18(20-15)13-7-3-1-4-8-13/h11-13H,1-10,19H2,(H,20,21). The van der Waals surface area contributed by atoms with Gasteiger partial charge in [-0.25, -0.2) is 4.98 Å². The molecule has 4 rings (SSSR count). The number of anilines is 2. The molecule has 0 spiro atoms. The van der Waals surface area contributed by atoms with Crippen molar-refractivity contribution in [1.29, 1.82) is 0 Å². The molecule has 1 aromatic carbocycles. The number of H-pyrrole nitrogens is 1. The third kappa shape index (κ3) is 2.55. The summed E-state index contributed by atoms with van der Waals surface area (Å²) >= 11 is 0. The Bertz CT molecular complexity index is 648. The summed E-state index contributed by atoms with van der Waals surface area (Å²) in [6.45, 7) is 2.24. The van der Waals surface area contributed by atoms with E-state index in [1.807, 2.05) is 0 Å². The maximum Gasteiger partial charge on any atom is 0.110 e. The second-order valence-corrected chi connectivity index (χ2v) is 6.93. The Morgan fingerprint density at radius 1 is 1.00 bits per heavy atom. The van der Waals surface area contributed by atoms with Gasteiger partial charge in [0.2, 0.25) is 0 Å². The van der Waals surface area contributed by atoms with Gasteiger partial charge in [-0.05, 0) is 44.2 Å². The van der Waals surface area contributed by atoms with Gasteiger partial charge in [-0.2, -0.15) is 0 Å². The van der Waals surface area contributed by atoms with E-state index in [9.17, 15) is 0 Å². The molecule has 0 unspecified atom stereocenters. The van der Waals surface area contributed by atoms with Gasteiger partial charge in [0.1, 0.15) is 5.82 Å². The van der Waals surface area contributed by atoms with Crippen molar-refractivity contribution < 1.29 is 0 Å². The van der Waals surface area contributed by atoms with Crippen LogP contribution in [0.2, 0.25) is 0 Å². The van der Waals surface area contributed by atoms with Crippen LogP contribution in [0.3, 0.4) is 0 Å². The average molecular weight is 298 g/mol. The van der Waals surface area contributed by atoms with Gasteiger partial charge in [0.15, 0.2) is 0 Å². The van der Waals surface area contributed by atoms with E-state index in [0.29, 0.717) is 5.92 Å². The number of nitrogen functional groups attached to an aromatic ring is 1. The molecular weight excluding hydrogens is 272 g/mol. The number of nitrogens with two attached hydrogens (primary N) is 1. The second-order valence-electron chi connectivity index (χ2n) is 6.93. The number of piperidine rings is 1. The predicted octanol–water partition coefficient (Wildman–Crippen LogP) is 4.18. The summed E-state index contributed by atoms with van der Waals surface area (Å²) in [7, 11) is 0. The topological polar surface area (TPSA) is 57.9 Å². The van der Waals surface area contributed by atoms with Crippen LogP contribution in [-0.2, 0) is 0 Å². The number of benzene rings is 1. The molecule has 4 nitrogen and oxygen atoms in total. The zero-order valence-corrected chi connectivity index (χ0v) is 13.3. The highest BCUT2D eigenvalue weighted by Crippen LogP contribution is 2.34. The number of fused-ring (bicyclic) bond motifs is 1. The van der Waals surface area contributed by atoms with Crippen LogP contribution in [0.4, 0.5) is 11.4 Å². The fraction of sp³-hybridized carbons (Fsp3) is 0.611. The molecule has 1 saturated heterocycles. The number of rotatable bonds is 2. The molecule has 1 aliphatic heterocycles. The largest absolute Gasteiger partial charge is 0.397 e. The van der Waals surface area contributed by atoms with Crippen molar-refractivity contribution in [2.75, 3.05) is 23.7 Å². The summed E-state index contributed by atoms with van der Waals surface area (Å²) < 4.78 is 0. The van der Waals surface area contributed by atoms with Crippen molar-refractivity contribution in [1.82, 2.24) is 9.97 Å². The Labute approximate surface area is 132 Å². The van der Waals surface area contributed by atoms with E-state index in [0.717, 1.165) is 29.8 Å². The number of aromatic amines is 1. The minimum atomic E-state index is 0.612. The highest BCUT2D eigenvalue weighted by molar-refractivity contribution is 5.87. The monoisotopic (exact) mass is 298 g/mol. The lowest BCUT2D eigenvalue weighted by molar-refractivity contribution is 0.431. The van der Waals surface area contributed by atoms with E-state index < -0.39 is 0 Å². The highest BCUT2D eigenvalue weighted by atomic mass is 15.1. The second kappa shape index (κ2) is 5.82. The van der Waals surface area contributed by atoms with E-state index in [1.165, 1.54) is 62.9 Å². The smallest absolute Gasteiger partial charge is 0.110 e. The van der Waals surface area contributed by atoms with Crippen molar-refractivity contribution in [2.45, 2.75) is 57.3 Å². The minimum absolute atomic E-state index is 0.612. The first kappa shape index (κ1) is 13.9. The molecule has 0 atom stereocenters. The minimum Gasteiger partial charge on any atom is -0.397 e. The summed E-state index contributed by atoms with van der Waals surface area (Å²) in [5.74, 6) is 1.78. The molecule has 2 heterocycles. The van der Waals surface area contributed by atoms with Crippen molar-refractivity contribution in [3.05, 3.63) is 18.0 Å². The van der Waals surface area contributed by atoms with E-state index in [-0.39, 0.29) is 0 Å². The summed E-state index contributed by atoms with van der Waals surface area (Å²) in [5.41, 5.74) is 10.5. The fourth-order valence-electron chi connectivity index (χ4n) is 4.06. The molecule has 1 saturated carbocycles. The summed E-state index contributed by atoms with van der Waals surface area (Å²) in [5, 5.41) is 0. The number of nitrogens with zero attached hydrogens (tertiary/aromatic N) is 2. The lowest BCUT2D eigenvalue weighted by atomic mass is 9.89. The van der Waals surface area contributed by atoms with Crippen molar-refractivity contribution in [2.24, 2.45) is 0 Å². The first-order valence-corrected chi connectivity index (χ1v) is 8.85. The van der Waals surface area contributed by atoms with Crippen molar-refractivity contribution >= 4 is 22.4 Å². The van der Waals surface area contributed by atoms with Gasteiger partial charge in [0.25, 0.3) is 0 Å². The Kier molecular flexibility index (Phi) is 3.68. The Morgan fingerprint density at radius 3 is 2.50 bits per heavy atom. The quantitative estimate of drug-likeness (QED) is 0.818. The van der Waals surface area contributed by atoms with Gasteiger partial charge in [-0.15, -0.1) is 0 Å². The number of nitrogens with one attached hydrogen (secondary N) is 1. The molecule has 3 N–H and O–H groups in total. The molecule has 2 fully saturated rings. The Hall–Kier alpha value is -1.71. The predicted molar refractivity (Wildman–Crippen MR) is 92.4 cm³/mol. The van der Waals surface area contributed by atoms with Gasteiger partial charge in [-0.3, -0.25) is 0 Å². The van der Waals surface area contributed by atoms with Crippen LogP contribution in [0.15, 0.2) is 12.1 Å². The highest BCUT2D eigenvalue weighted by Gasteiger charge is 2.20. The lowest BCUT2D eigenvalue weighted by Gasteiger charge is -2.29. The first-order valence-electron chi connectivity index (χ1n) is 8.85. The van der Waals surface area contributed by atoms with Crippen molar-refractivity contribution in [3.8, 4) is 0 Å². The third-order valence-electron chi connectivity index (χ3n) is 5.34. The molecule has 2 aromatic rings.